The van der Waals surface area contributed by atoms with Crippen LogP contribution in [0.15, 0.2) is 34.7 Å². The lowest BCUT2D eigenvalue weighted by atomic mass is 10.1. The molecule has 0 bridgehead atoms. The van der Waals surface area contributed by atoms with Crippen LogP contribution in [-0.4, -0.2) is 42.8 Å². The Kier molecular flexibility index (Phi) is 6.19. The summed E-state index contributed by atoms with van der Waals surface area (Å²) in [6.07, 6.45) is 0. The number of ether oxygens (including phenoxy) is 2. The van der Waals surface area contributed by atoms with Crippen molar-refractivity contribution >= 4 is 5.91 Å². The van der Waals surface area contributed by atoms with Crippen LogP contribution in [0.1, 0.15) is 48.7 Å². The number of methoxy groups -OCH3 is 2. The first-order chi connectivity index (χ1) is 12.7. The summed E-state index contributed by atoms with van der Waals surface area (Å²) in [6.45, 7) is 5.06. The summed E-state index contributed by atoms with van der Waals surface area (Å²) >= 11 is 0. The van der Waals surface area contributed by atoms with Gasteiger partial charge in [0.2, 0.25) is 0 Å². The van der Waals surface area contributed by atoms with Crippen molar-refractivity contribution in [1.82, 2.24) is 4.90 Å². The normalized spacial score (nSPS) is 12.0. The van der Waals surface area contributed by atoms with Crippen LogP contribution in [0, 0.1) is 11.8 Å². The summed E-state index contributed by atoms with van der Waals surface area (Å²) in [5, 5.41) is 9.66. The van der Waals surface area contributed by atoms with Crippen molar-refractivity contribution in [2.45, 2.75) is 32.4 Å². The molecule has 1 amide bonds. The van der Waals surface area contributed by atoms with Gasteiger partial charge in [0.05, 0.1) is 20.3 Å². The third-order valence-corrected chi connectivity index (χ3v) is 4.10. The maximum atomic E-state index is 12.8. The highest BCUT2D eigenvalue weighted by molar-refractivity contribution is 5.91. The third kappa shape index (κ3) is 5.05. The largest absolute Gasteiger partial charge is 0.497 e. The lowest BCUT2D eigenvalue weighted by Gasteiger charge is -2.26. The van der Waals surface area contributed by atoms with E-state index in [0.29, 0.717) is 17.3 Å². The molecule has 27 heavy (non-hydrogen) atoms. The Morgan fingerprint density at radius 3 is 2.52 bits per heavy atom. The van der Waals surface area contributed by atoms with E-state index in [1.165, 1.54) is 0 Å². The van der Waals surface area contributed by atoms with Gasteiger partial charge in [-0.3, -0.25) is 4.79 Å². The van der Waals surface area contributed by atoms with Gasteiger partial charge in [0, 0.05) is 18.7 Å². The van der Waals surface area contributed by atoms with E-state index >= 15 is 0 Å². The number of nitrogens with zero attached hydrogens (tertiary/aromatic N) is 1. The second-order valence-corrected chi connectivity index (χ2v) is 6.67. The number of aliphatic hydroxyl groups is 1. The first-order valence-corrected chi connectivity index (χ1v) is 8.50. The minimum Gasteiger partial charge on any atom is -0.497 e. The molecule has 0 saturated heterocycles. The number of rotatable bonds is 5. The first-order valence-electron chi connectivity index (χ1n) is 8.50. The number of carbonyl (C=O) groups is 1. The number of benzene rings is 1. The highest BCUT2D eigenvalue weighted by Gasteiger charge is 2.24. The second kappa shape index (κ2) is 8.19. The van der Waals surface area contributed by atoms with Crippen molar-refractivity contribution in [3.63, 3.8) is 0 Å². The Bertz CT molecular complexity index is 867. The molecular weight excluding hydrogens is 346 g/mol. The smallest absolute Gasteiger partial charge is 0.289 e. The van der Waals surface area contributed by atoms with Crippen LogP contribution < -0.4 is 9.47 Å². The molecule has 1 heterocycles. The molecule has 1 N–H and O–H groups in total. The van der Waals surface area contributed by atoms with Gasteiger partial charge >= 0.3 is 0 Å². The van der Waals surface area contributed by atoms with E-state index < -0.39 is 5.60 Å². The van der Waals surface area contributed by atoms with Gasteiger partial charge in [-0.2, -0.15) is 0 Å². The molecule has 0 radical (unpaired) electrons. The van der Waals surface area contributed by atoms with Crippen LogP contribution in [0.2, 0.25) is 0 Å². The van der Waals surface area contributed by atoms with Gasteiger partial charge in [0.25, 0.3) is 5.91 Å². The zero-order chi connectivity index (χ0) is 20.2. The molecule has 0 aliphatic heterocycles. The van der Waals surface area contributed by atoms with Crippen LogP contribution in [0.3, 0.4) is 0 Å². The molecule has 1 atom stereocenters. The maximum Gasteiger partial charge on any atom is 0.289 e. The summed E-state index contributed by atoms with van der Waals surface area (Å²) in [4.78, 5) is 14.3. The Labute approximate surface area is 159 Å². The Balaban J connectivity index is 2.22. The van der Waals surface area contributed by atoms with Gasteiger partial charge in [-0.1, -0.05) is 5.92 Å². The highest BCUT2D eigenvalue weighted by Crippen LogP contribution is 2.32. The van der Waals surface area contributed by atoms with Crippen molar-refractivity contribution < 1.29 is 23.8 Å². The van der Waals surface area contributed by atoms with E-state index in [9.17, 15) is 9.90 Å². The molecule has 1 aromatic heterocycles. The predicted molar refractivity (Wildman–Crippen MR) is 102 cm³/mol. The van der Waals surface area contributed by atoms with Crippen LogP contribution in [-0.2, 0) is 0 Å². The van der Waals surface area contributed by atoms with E-state index in [1.807, 2.05) is 19.1 Å². The predicted octanol–water partition coefficient (Wildman–Crippen LogP) is 3.25. The zero-order valence-electron chi connectivity index (χ0n) is 16.5. The second-order valence-electron chi connectivity index (χ2n) is 6.67. The number of carbonyl (C=O) groups excluding carboxylic acids is 1. The molecule has 1 aromatic carbocycles. The Morgan fingerprint density at radius 2 is 1.93 bits per heavy atom. The monoisotopic (exact) mass is 371 g/mol. The van der Waals surface area contributed by atoms with Crippen molar-refractivity contribution in [2.24, 2.45) is 0 Å². The zero-order valence-corrected chi connectivity index (χ0v) is 16.5. The molecule has 1 unspecified atom stereocenters. The molecule has 0 aliphatic rings. The summed E-state index contributed by atoms with van der Waals surface area (Å²) in [5.41, 5.74) is -0.282. The third-order valence-electron chi connectivity index (χ3n) is 4.10. The minimum atomic E-state index is -1.13. The van der Waals surface area contributed by atoms with E-state index in [2.05, 4.69) is 11.8 Å². The average Bonchev–Trinajstić information content (AvgIpc) is 3.12. The van der Waals surface area contributed by atoms with E-state index in [-0.39, 0.29) is 17.7 Å². The summed E-state index contributed by atoms with van der Waals surface area (Å²) < 4.78 is 16.2. The number of amides is 1. The molecular formula is C21H25NO5. The van der Waals surface area contributed by atoms with Crippen LogP contribution >= 0.6 is 0 Å². The summed E-state index contributed by atoms with van der Waals surface area (Å²) in [5.74, 6) is 6.91. The minimum absolute atomic E-state index is 0.178. The lowest BCUT2D eigenvalue weighted by Crippen LogP contribution is -2.29. The molecule has 0 aliphatic carbocycles. The molecule has 0 saturated carbocycles. The fraction of sp³-hybridized carbons (Fsp3) is 0.381. The topological polar surface area (TPSA) is 72.1 Å². The van der Waals surface area contributed by atoms with Gasteiger partial charge in [0.1, 0.15) is 17.1 Å². The van der Waals surface area contributed by atoms with Crippen molar-refractivity contribution in [3.05, 3.63) is 47.4 Å². The van der Waals surface area contributed by atoms with Crippen molar-refractivity contribution in [2.75, 3.05) is 21.3 Å². The molecule has 144 valence electrons. The number of furan rings is 1. The SMILES string of the molecule is COc1ccc(C(C)N(C)C(=O)c2ccc(C#CC(C)(C)O)o2)c(OC)c1. The fourth-order valence-corrected chi connectivity index (χ4v) is 2.46. The van der Waals surface area contributed by atoms with Gasteiger partial charge in [-0.25, -0.2) is 0 Å². The average molecular weight is 371 g/mol. The van der Waals surface area contributed by atoms with E-state index in [4.69, 9.17) is 13.9 Å². The van der Waals surface area contributed by atoms with E-state index in [0.717, 1.165) is 5.56 Å². The number of hydrogen-bond acceptors (Lipinski definition) is 5. The van der Waals surface area contributed by atoms with Gasteiger partial charge in [0.15, 0.2) is 11.5 Å². The van der Waals surface area contributed by atoms with Crippen LogP contribution in [0.5, 0.6) is 11.5 Å². The molecule has 6 nitrogen and oxygen atoms in total. The molecule has 2 rings (SSSR count). The van der Waals surface area contributed by atoms with Gasteiger partial charge in [-0.15, -0.1) is 0 Å². The van der Waals surface area contributed by atoms with Crippen LogP contribution in [0.25, 0.3) is 0 Å². The first kappa shape index (κ1) is 20.4. The van der Waals surface area contributed by atoms with Crippen LogP contribution in [0.4, 0.5) is 0 Å². The lowest BCUT2D eigenvalue weighted by molar-refractivity contribution is 0.0708. The van der Waals surface area contributed by atoms with Gasteiger partial charge in [-0.05, 0) is 51.0 Å². The summed E-state index contributed by atoms with van der Waals surface area (Å²) in [6, 6.07) is 8.40. The van der Waals surface area contributed by atoms with Gasteiger partial charge < -0.3 is 23.9 Å². The Hall–Kier alpha value is -2.91. The molecule has 6 heteroatoms. The molecule has 0 spiro atoms. The standard InChI is InChI=1S/C21H25NO5/c1-14(17-9-7-16(25-5)13-19(17)26-6)22(4)20(23)18-10-8-15(27-18)11-12-21(2,3)24/h7-10,13-14,24H,1-6H3. The van der Waals surface area contributed by atoms with Crippen molar-refractivity contribution in [1.29, 1.82) is 0 Å². The molecule has 2 aromatic rings. The molecule has 0 fully saturated rings. The Morgan fingerprint density at radius 1 is 1.22 bits per heavy atom. The number of hydrogen-bond donors (Lipinski definition) is 1. The highest BCUT2D eigenvalue weighted by atomic mass is 16.5. The fourth-order valence-electron chi connectivity index (χ4n) is 2.46. The quantitative estimate of drug-likeness (QED) is 0.817. The summed E-state index contributed by atoms with van der Waals surface area (Å²) in [7, 11) is 4.86. The van der Waals surface area contributed by atoms with E-state index in [1.54, 1.807) is 58.2 Å². The maximum absolute atomic E-state index is 12.8. The van der Waals surface area contributed by atoms with Crippen molar-refractivity contribution in [3.8, 4) is 23.3 Å².